The van der Waals surface area contributed by atoms with Crippen molar-refractivity contribution >= 4 is 17.1 Å². The second kappa shape index (κ2) is 5.09. The van der Waals surface area contributed by atoms with Gasteiger partial charge >= 0.3 is 6.16 Å². The van der Waals surface area contributed by atoms with E-state index in [-0.39, 0.29) is 0 Å². The Morgan fingerprint density at radius 3 is 2.60 bits per heavy atom. The molecule has 0 aliphatic heterocycles. The van der Waals surface area contributed by atoms with E-state index in [4.69, 9.17) is 9.84 Å². The summed E-state index contributed by atoms with van der Waals surface area (Å²) < 4.78 is 5.10. The second-order valence-electron chi connectivity index (χ2n) is 4.46. The number of hydrogen-bond donors (Lipinski definition) is 2. The number of H-pyrrole nitrogens is 1. The first-order valence-corrected chi connectivity index (χ1v) is 6.26. The molecule has 100 valence electrons. The summed E-state index contributed by atoms with van der Waals surface area (Å²) in [6.07, 6.45) is -0.102. The summed E-state index contributed by atoms with van der Waals surface area (Å²) in [7, 11) is 0. The van der Waals surface area contributed by atoms with Crippen molar-refractivity contribution in [2.24, 2.45) is 0 Å². The third kappa shape index (κ3) is 2.23. The molecule has 1 heterocycles. The SMILES string of the molecule is O=C(O)OC(c1ccccc1)c1cccc2cc[nH]c12. The lowest BCUT2D eigenvalue weighted by molar-refractivity contribution is 0.0667. The van der Waals surface area contributed by atoms with Crippen LogP contribution in [-0.2, 0) is 4.74 Å². The highest BCUT2D eigenvalue weighted by Crippen LogP contribution is 2.31. The van der Waals surface area contributed by atoms with Crippen LogP contribution >= 0.6 is 0 Å². The Morgan fingerprint density at radius 1 is 1.05 bits per heavy atom. The molecule has 0 bridgehead atoms. The van der Waals surface area contributed by atoms with Gasteiger partial charge in [-0.1, -0.05) is 48.5 Å². The molecule has 0 aliphatic carbocycles. The zero-order valence-corrected chi connectivity index (χ0v) is 10.6. The number of carbonyl (C=O) groups is 1. The van der Waals surface area contributed by atoms with Gasteiger partial charge in [0.25, 0.3) is 0 Å². The van der Waals surface area contributed by atoms with Crippen molar-refractivity contribution in [3.05, 3.63) is 71.9 Å². The molecule has 0 spiro atoms. The summed E-state index contributed by atoms with van der Waals surface area (Å²) >= 11 is 0. The highest BCUT2D eigenvalue weighted by molar-refractivity contribution is 5.83. The molecule has 0 aliphatic rings. The summed E-state index contributed by atoms with van der Waals surface area (Å²) in [5.74, 6) is 0. The van der Waals surface area contributed by atoms with E-state index < -0.39 is 12.3 Å². The summed E-state index contributed by atoms with van der Waals surface area (Å²) in [4.78, 5) is 14.1. The fraction of sp³-hybridized carbons (Fsp3) is 0.0625. The molecule has 1 unspecified atom stereocenters. The molecule has 0 amide bonds. The van der Waals surface area contributed by atoms with Crippen LogP contribution in [-0.4, -0.2) is 16.2 Å². The summed E-state index contributed by atoms with van der Waals surface area (Å²) in [5, 5.41) is 10.0. The van der Waals surface area contributed by atoms with E-state index in [1.54, 1.807) is 0 Å². The molecule has 20 heavy (non-hydrogen) atoms. The minimum absolute atomic E-state index is 0.643. The van der Waals surface area contributed by atoms with E-state index in [1.165, 1.54) is 0 Å². The Kier molecular flexibility index (Phi) is 3.13. The minimum Gasteiger partial charge on any atom is -0.450 e. The van der Waals surface area contributed by atoms with Crippen LogP contribution in [0.3, 0.4) is 0 Å². The Balaban J connectivity index is 2.14. The average molecular weight is 267 g/mol. The largest absolute Gasteiger partial charge is 0.506 e. The monoisotopic (exact) mass is 267 g/mol. The first-order chi connectivity index (χ1) is 9.75. The van der Waals surface area contributed by atoms with E-state index in [0.717, 1.165) is 22.0 Å². The Labute approximate surface area is 115 Å². The number of aromatic nitrogens is 1. The smallest absolute Gasteiger partial charge is 0.450 e. The average Bonchev–Trinajstić information content (AvgIpc) is 2.94. The lowest BCUT2D eigenvalue weighted by Crippen LogP contribution is -2.11. The van der Waals surface area contributed by atoms with Gasteiger partial charge in [0.2, 0.25) is 0 Å². The van der Waals surface area contributed by atoms with Gasteiger partial charge in [0.1, 0.15) is 0 Å². The number of hydrogen-bond acceptors (Lipinski definition) is 2. The maximum Gasteiger partial charge on any atom is 0.506 e. The van der Waals surface area contributed by atoms with Crippen LogP contribution in [0.5, 0.6) is 0 Å². The molecule has 3 rings (SSSR count). The minimum atomic E-state index is -1.29. The standard InChI is InChI=1S/C16H13NO3/c18-16(19)20-15(12-5-2-1-3-6-12)13-8-4-7-11-9-10-17-14(11)13/h1-10,15,17H,(H,18,19). The van der Waals surface area contributed by atoms with Crippen molar-refractivity contribution in [2.75, 3.05) is 0 Å². The maximum atomic E-state index is 11.0. The molecule has 2 aromatic carbocycles. The molecule has 0 radical (unpaired) electrons. The quantitative estimate of drug-likeness (QED) is 0.706. The van der Waals surface area contributed by atoms with Crippen LogP contribution in [0.25, 0.3) is 10.9 Å². The number of nitrogens with one attached hydrogen (secondary N) is 1. The van der Waals surface area contributed by atoms with Gasteiger partial charge < -0.3 is 14.8 Å². The molecule has 3 aromatic rings. The maximum absolute atomic E-state index is 11.0. The summed E-state index contributed by atoms with van der Waals surface area (Å²) in [5.41, 5.74) is 2.50. The number of carboxylic acid groups (broad SMARTS) is 1. The van der Waals surface area contributed by atoms with Gasteiger partial charge in [-0.25, -0.2) is 4.79 Å². The fourth-order valence-electron chi connectivity index (χ4n) is 2.37. The van der Waals surface area contributed by atoms with Crippen LogP contribution in [0.2, 0.25) is 0 Å². The number of aromatic amines is 1. The molecular weight excluding hydrogens is 254 g/mol. The van der Waals surface area contributed by atoms with Gasteiger partial charge in [-0.05, 0) is 17.0 Å². The lowest BCUT2D eigenvalue weighted by atomic mass is 9.99. The molecule has 0 saturated heterocycles. The highest BCUT2D eigenvalue weighted by Gasteiger charge is 2.21. The number of rotatable bonds is 3. The number of benzene rings is 2. The zero-order valence-electron chi connectivity index (χ0n) is 10.6. The van der Waals surface area contributed by atoms with Gasteiger partial charge in [0, 0.05) is 11.8 Å². The van der Waals surface area contributed by atoms with Gasteiger partial charge in [-0.3, -0.25) is 0 Å². The Morgan fingerprint density at radius 2 is 1.85 bits per heavy atom. The molecule has 0 fully saturated rings. The molecule has 4 heteroatoms. The van der Waals surface area contributed by atoms with E-state index in [0.29, 0.717) is 0 Å². The van der Waals surface area contributed by atoms with Crippen LogP contribution in [0.4, 0.5) is 4.79 Å². The molecule has 1 aromatic heterocycles. The van der Waals surface area contributed by atoms with Gasteiger partial charge in [0.15, 0.2) is 6.10 Å². The zero-order chi connectivity index (χ0) is 13.9. The van der Waals surface area contributed by atoms with E-state index >= 15 is 0 Å². The Bertz CT molecular complexity index is 734. The van der Waals surface area contributed by atoms with Crippen molar-refractivity contribution in [2.45, 2.75) is 6.10 Å². The fourth-order valence-corrected chi connectivity index (χ4v) is 2.37. The highest BCUT2D eigenvalue weighted by atomic mass is 16.7. The lowest BCUT2D eigenvalue weighted by Gasteiger charge is -2.17. The van der Waals surface area contributed by atoms with Gasteiger partial charge in [0.05, 0.1) is 5.52 Å². The van der Waals surface area contributed by atoms with Crippen LogP contribution in [0.1, 0.15) is 17.2 Å². The Hall–Kier alpha value is -2.75. The molecule has 4 nitrogen and oxygen atoms in total. The molecule has 1 atom stereocenters. The predicted molar refractivity (Wildman–Crippen MR) is 75.7 cm³/mol. The third-order valence-electron chi connectivity index (χ3n) is 3.22. The van der Waals surface area contributed by atoms with Crippen LogP contribution in [0.15, 0.2) is 60.8 Å². The van der Waals surface area contributed by atoms with Crippen molar-refractivity contribution in [3.8, 4) is 0 Å². The second-order valence-corrected chi connectivity index (χ2v) is 4.46. The summed E-state index contributed by atoms with van der Waals surface area (Å²) in [6.45, 7) is 0. The molecule has 2 N–H and O–H groups in total. The third-order valence-corrected chi connectivity index (χ3v) is 3.22. The normalized spacial score (nSPS) is 12.2. The van der Waals surface area contributed by atoms with E-state index in [9.17, 15) is 4.79 Å². The van der Waals surface area contributed by atoms with E-state index in [2.05, 4.69) is 4.98 Å². The number of fused-ring (bicyclic) bond motifs is 1. The van der Waals surface area contributed by atoms with Crippen molar-refractivity contribution in [1.29, 1.82) is 0 Å². The van der Waals surface area contributed by atoms with Crippen molar-refractivity contribution in [1.82, 2.24) is 4.98 Å². The van der Waals surface area contributed by atoms with Crippen molar-refractivity contribution in [3.63, 3.8) is 0 Å². The topological polar surface area (TPSA) is 62.3 Å². The van der Waals surface area contributed by atoms with E-state index in [1.807, 2.05) is 60.8 Å². The van der Waals surface area contributed by atoms with Gasteiger partial charge in [-0.2, -0.15) is 0 Å². The van der Waals surface area contributed by atoms with Crippen molar-refractivity contribution < 1.29 is 14.6 Å². The molecular formula is C16H13NO3. The van der Waals surface area contributed by atoms with Crippen LogP contribution < -0.4 is 0 Å². The summed E-state index contributed by atoms with van der Waals surface area (Å²) in [6, 6.07) is 17.0. The molecule has 0 saturated carbocycles. The first-order valence-electron chi connectivity index (χ1n) is 6.26. The first kappa shape index (κ1) is 12.3. The van der Waals surface area contributed by atoms with Gasteiger partial charge in [-0.15, -0.1) is 0 Å². The van der Waals surface area contributed by atoms with Crippen LogP contribution in [0, 0.1) is 0 Å². The number of para-hydroxylation sites is 1. The predicted octanol–water partition coefficient (Wildman–Crippen LogP) is 3.95. The number of ether oxygens (including phenoxy) is 1.